The van der Waals surface area contributed by atoms with E-state index in [1.807, 2.05) is 41.8 Å². The Morgan fingerprint density at radius 1 is 0.950 bits per heavy atom. The Morgan fingerprint density at radius 2 is 1.68 bits per heavy atom. The lowest BCUT2D eigenvalue weighted by atomic mass is 10.1. The van der Waals surface area contributed by atoms with Crippen molar-refractivity contribution < 1.29 is 13.9 Å². The summed E-state index contributed by atoms with van der Waals surface area (Å²) < 4.78 is 19.0. The summed E-state index contributed by atoms with van der Waals surface area (Å²) in [6.07, 6.45) is 1.46. The Morgan fingerprint density at radius 3 is 2.42 bits per heavy atom. The molecular weight excluding hydrogens is 570 g/mol. The molecule has 0 saturated carbocycles. The molecule has 40 heavy (non-hydrogen) atoms. The zero-order valence-electron chi connectivity index (χ0n) is 20.8. The molecule has 1 amide bonds. The Bertz CT molecular complexity index is 1640. The van der Waals surface area contributed by atoms with Crippen molar-refractivity contribution in [2.24, 2.45) is 5.10 Å². The fourth-order valence-corrected chi connectivity index (χ4v) is 4.68. The van der Waals surface area contributed by atoms with Gasteiger partial charge in [-0.05, 0) is 72.3 Å². The zero-order chi connectivity index (χ0) is 27.9. The maximum absolute atomic E-state index is 13.1. The van der Waals surface area contributed by atoms with E-state index in [1.165, 1.54) is 29.7 Å². The highest BCUT2D eigenvalue weighted by Crippen LogP contribution is 2.28. The number of hydrazone groups is 1. The fourth-order valence-electron chi connectivity index (χ4n) is 3.63. The molecule has 200 valence electrons. The third-order valence-corrected chi connectivity index (χ3v) is 6.94. The van der Waals surface area contributed by atoms with Gasteiger partial charge in [-0.15, -0.1) is 11.3 Å². The molecule has 2 N–H and O–H groups in total. The minimum Gasteiger partial charge on any atom is -0.488 e. The number of aromatic nitrogens is 1. The number of anilines is 2. The lowest BCUT2D eigenvalue weighted by Gasteiger charge is -2.10. The van der Waals surface area contributed by atoms with Crippen molar-refractivity contribution in [1.82, 2.24) is 10.4 Å². The number of halogens is 3. The van der Waals surface area contributed by atoms with E-state index in [4.69, 9.17) is 27.9 Å². The number of rotatable bonds is 9. The Kier molecular flexibility index (Phi) is 8.71. The molecule has 0 unspecified atom stereocenters. The lowest BCUT2D eigenvalue weighted by molar-refractivity contribution is 0.0955. The summed E-state index contributed by atoms with van der Waals surface area (Å²) in [5.41, 5.74) is 6.91. The molecule has 0 aliphatic heterocycles. The van der Waals surface area contributed by atoms with Crippen LogP contribution in [-0.4, -0.2) is 17.1 Å². The monoisotopic (exact) mass is 590 g/mol. The van der Waals surface area contributed by atoms with E-state index in [0.29, 0.717) is 26.9 Å². The van der Waals surface area contributed by atoms with Gasteiger partial charge in [0.1, 0.15) is 18.2 Å². The quantitative estimate of drug-likeness (QED) is 0.134. The van der Waals surface area contributed by atoms with Gasteiger partial charge in [-0.2, -0.15) is 5.10 Å². The summed E-state index contributed by atoms with van der Waals surface area (Å²) >= 11 is 13.6. The number of thiazole rings is 1. The molecule has 5 rings (SSSR count). The second-order valence-electron chi connectivity index (χ2n) is 8.54. The molecule has 0 fully saturated rings. The van der Waals surface area contributed by atoms with Gasteiger partial charge < -0.3 is 10.1 Å². The van der Waals surface area contributed by atoms with Crippen molar-refractivity contribution in [3.8, 4) is 17.0 Å². The van der Waals surface area contributed by atoms with Crippen LogP contribution in [0.15, 0.2) is 101 Å². The Hall–Kier alpha value is -4.24. The topological polar surface area (TPSA) is 75.6 Å². The van der Waals surface area contributed by atoms with Gasteiger partial charge in [0.2, 0.25) is 0 Å². The number of hydrogen-bond acceptors (Lipinski definition) is 6. The van der Waals surface area contributed by atoms with Crippen molar-refractivity contribution in [1.29, 1.82) is 0 Å². The number of ether oxygens (including phenoxy) is 1. The van der Waals surface area contributed by atoms with Crippen molar-refractivity contribution in [3.63, 3.8) is 0 Å². The van der Waals surface area contributed by atoms with E-state index in [9.17, 15) is 9.18 Å². The fraction of sp³-hybridized carbons (Fsp3) is 0.0333. The predicted octanol–water partition coefficient (Wildman–Crippen LogP) is 8.34. The van der Waals surface area contributed by atoms with E-state index in [-0.39, 0.29) is 18.3 Å². The third-order valence-electron chi connectivity index (χ3n) is 5.69. The molecule has 0 spiro atoms. The van der Waals surface area contributed by atoms with Crippen LogP contribution in [0.2, 0.25) is 10.0 Å². The van der Waals surface area contributed by atoms with E-state index < -0.39 is 0 Å². The number of benzene rings is 4. The first-order valence-electron chi connectivity index (χ1n) is 12.0. The smallest absolute Gasteiger partial charge is 0.271 e. The van der Waals surface area contributed by atoms with Gasteiger partial charge in [0.05, 0.1) is 11.9 Å². The molecule has 5 aromatic rings. The molecule has 0 aliphatic carbocycles. The van der Waals surface area contributed by atoms with Gasteiger partial charge >= 0.3 is 0 Å². The summed E-state index contributed by atoms with van der Waals surface area (Å²) in [5, 5.41) is 11.2. The van der Waals surface area contributed by atoms with Crippen LogP contribution >= 0.6 is 34.5 Å². The molecule has 0 atom stereocenters. The summed E-state index contributed by atoms with van der Waals surface area (Å²) in [5.74, 6) is -0.167. The van der Waals surface area contributed by atoms with Gasteiger partial charge in [-0.1, -0.05) is 47.5 Å². The van der Waals surface area contributed by atoms with Crippen LogP contribution in [0, 0.1) is 5.82 Å². The molecule has 1 aromatic heterocycles. The SMILES string of the molecule is O=C(N/N=C\c1cc(Cl)ccc1OCc1ccc(F)cc1)c1ccc(-c2csc(Nc3ccc(Cl)cc3)n2)cc1. The van der Waals surface area contributed by atoms with Crippen LogP contribution < -0.4 is 15.5 Å². The van der Waals surface area contributed by atoms with Crippen molar-refractivity contribution in [3.05, 3.63) is 129 Å². The van der Waals surface area contributed by atoms with Gasteiger partial charge in [0.25, 0.3) is 5.91 Å². The maximum atomic E-state index is 13.1. The van der Waals surface area contributed by atoms with Crippen LogP contribution in [0.3, 0.4) is 0 Å². The van der Waals surface area contributed by atoms with Gasteiger partial charge in [-0.25, -0.2) is 14.8 Å². The van der Waals surface area contributed by atoms with Crippen LogP contribution in [0.25, 0.3) is 11.3 Å². The summed E-state index contributed by atoms with van der Waals surface area (Å²) in [6.45, 7) is 0.235. The first kappa shape index (κ1) is 27.3. The molecular formula is C30H21Cl2FN4O2S. The first-order chi connectivity index (χ1) is 19.4. The van der Waals surface area contributed by atoms with E-state index in [1.54, 1.807) is 42.5 Å². The van der Waals surface area contributed by atoms with Gasteiger partial charge in [-0.3, -0.25) is 4.79 Å². The number of hydrogen-bond donors (Lipinski definition) is 2. The second-order valence-corrected chi connectivity index (χ2v) is 10.3. The van der Waals surface area contributed by atoms with Crippen LogP contribution in [-0.2, 0) is 6.61 Å². The summed E-state index contributed by atoms with van der Waals surface area (Å²) in [6, 6.07) is 25.6. The molecule has 4 aromatic carbocycles. The van der Waals surface area contributed by atoms with Gasteiger partial charge in [0.15, 0.2) is 5.13 Å². The maximum Gasteiger partial charge on any atom is 0.271 e. The standard InChI is InChI=1S/C30H21Cl2FN4O2S/c31-23-7-12-26(13-8-23)35-30-36-27(18-40-30)20-3-5-21(6-4-20)29(38)37-34-16-22-15-24(32)9-14-28(22)39-17-19-1-10-25(33)11-2-19/h1-16,18H,17H2,(H,35,36)(H,37,38)/b34-16-. The number of amides is 1. The van der Waals surface area contributed by atoms with E-state index in [0.717, 1.165) is 27.6 Å². The number of nitrogens with zero attached hydrogens (tertiary/aromatic N) is 2. The number of nitrogens with one attached hydrogen (secondary N) is 2. The summed E-state index contributed by atoms with van der Waals surface area (Å²) in [4.78, 5) is 17.3. The minimum atomic E-state index is -0.373. The molecule has 0 saturated heterocycles. The average Bonchev–Trinajstić information content (AvgIpc) is 3.43. The van der Waals surface area contributed by atoms with Gasteiger partial charge in [0, 0.05) is 37.8 Å². The third kappa shape index (κ3) is 7.24. The number of carbonyl (C=O) groups excluding carboxylic acids is 1. The van der Waals surface area contributed by atoms with Crippen LogP contribution in [0.4, 0.5) is 15.2 Å². The van der Waals surface area contributed by atoms with E-state index in [2.05, 4.69) is 20.8 Å². The predicted molar refractivity (Wildman–Crippen MR) is 160 cm³/mol. The van der Waals surface area contributed by atoms with Crippen LogP contribution in [0.1, 0.15) is 21.5 Å². The lowest BCUT2D eigenvalue weighted by Crippen LogP contribution is -2.17. The highest BCUT2D eigenvalue weighted by Gasteiger charge is 2.09. The Labute approximate surface area is 244 Å². The van der Waals surface area contributed by atoms with Crippen molar-refractivity contribution in [2.45, 2.75) is 6.61 Å². The second kappa shape index (κ2) is 12.7. The molecule has 10 heteroatoms. The highest BCUT2D eigenvalue weighted by atomic mass is 35.5. The average molecular weight is 591 g/mol. The largest absolute Gasteiger partial charge is 0.488 e. The number of carbonyl (C=O) groups is 1. The Balaban J connectivity index is 1.19. The molecule has 0 radical (unpaired) electrons. The first-order valence-corrected chi connectivity index (χ1v) is 13.7. The molecule has 0 aliphatic rings. The van der Waals surface area contributed by atoms with Crippen molar-refractivity contribution >= 4 is 57.5 Å². The normalized spacial score (nSPS) is 11.0. The highest BCUT2D eigenvalue weighted by molar-refractivity contribution is 7.14. The minimum absolute atomic E-state index is 0.235. The van der Waals surface area contributed by atoms with Crippen LogP contribution in [0.5, 0.6) is 5.75 Å². The molecule has 6 nitrogen and oxygen atoms in total. The van der Waals surface area contributed by atoms with Crippen molar-refractivity contribution in [2.75, 3.05) is 5.32 Å². The molecule has 0 bridgehead atoms. The van der Waals surface area contributed by atoms with E-state index >= 15 is 0 Å². The zero-order valence-corrected chi connectivity index (χ0v) is 23.1. The molecule has 1 heterocycles. The summed E-state index contributed by atoms with van der Waals surface area (Å²) in [7, 11) is 0.